The summed E-state index contributed by atoms with van der Waals surface area (Å²) in [5, 5.41) is 15.2. The fraction of sp³-hybridized carbons (Fsp3) is 0.0182. The number of fused-ring (bicyclic) bond motifs is 5. The van der Waals surface area contributed by atoms with Crippen LogP contribution in [0.2, 0.25) is 0 Å². The van der Waals surface area contributed by atoms with Gasteiger partial charge in [-0.2, -0.15) is 5.26 Å². The highest BCUT2D eigenvalue weighted by atomic mass is 15.0. The topological polar surface area (TPSA) is 62.5 Å². The maximum absolute atomic E-state index is 10.6. The third-order valence-corrected chi connectivity index (χ3v) is 11.8. The number of nitrogens with zero attached hydrogens (tertiary/aromatic N) is 4. The number of nitriles is 1. The molecule has 0 saturated carbocycles. The van der Waals surface area contributed by atoms with E-state index in [0.29, 0.717) is 23.0 Å². The van der Waals surface area contributed by atoms with E-state index in [9.17, 15) is 5.26 Å². The maximum atomic E-state index is 10.6. The van der Waals surface area contributed by atoms with Crippen molar-refractivity contribution in [1.82, 2.24) is 15.0 Å². The van der Waals surface area contributed by atoms with E-state index < -0.39 is 5.41 Å². The van der Waals surface area contributed by atoms with Gasteiger partial charge >= 0.3 is 0 Å². The monoisotopic (exact) mass is 750 g/mol. The van der Waals surface area contributed by atoms with Crippen molar-refractivity contribution in [2.75, 3.05) is 0 Å². The van der Waals surface area contributed by atoms with E-state index in [2.05, 4.69) is 200 Å². The number of benzene rings is 9. The van der Waals surface area contributed by atoms with Crippen molar-refractivity contribution in [3.8, 4) is 62.5 Å². The van der Waals surface area contributed by atoms with Gasteiger partial charge < -0.3 is 0 Å². The summed E-state index contributed by atoms with van der Waals surface area (Å²) < 4.78 is 0. The summed E-state index contributed by atoms with van der Waals surface area (Å²) in [6, 6.07) is 74.6. The lowest BCUT2D eigenvalue weighted by molar-refractivity contribution is 0.768. The Bertz CT molecular complexity index is 3140. The van der Waals surface area contributed by atoms with Crippen molar-refractivity contribution in [2.45, 2.75) is 5.41 Å². The molecule has 59 heavy (non-hydrogen) atoms. The minimum absolute atomic E-state index is 0.598. The zero-order chi connectivity index (χ0) is 39.3. The molecule has 0 atom stereocenters. The van der Waals surface area contributed by atoms with Crippen LogP contribution in [-0.4, -0.2) is 15.0 Å². The van der Waals surface area contributed by atoms with Gasteiger partial charge in [-0.3, -0.25) is 0 Å². The highest BCUT2D eigenvalue weighted by molar-refractivity contribution is 5.98. The molecule has 0 aliphatic heterocycles. The number of aromatic nitrogens is 3. The SMILES string of the molecule is N#Cc1cccc2c1-c1c(-c3ccc(-c4nc(-c5ccc6ccccc6c5)nc(-c5ccc6ccccc6c5)n4)cc3)cccc1C2(c1ccccc1)c1ccccc1. The molecule has 1 aromatic heterocycles. The first kappa shape index (κ1) is 34.3. The van der Waals surface area contributed by atoms with E-state index in [0.717, 1.165) is 82.7 Å². The summed E-state index contributed by atoms with van der Waals surface area (Å²) in [5.41, 5.74) is 11.6. The van der Waals surface area contributed by atoms with Crippen molar-refractivity contribution >= 4 is 21.5 Å². The molecule has 0 amide bonds. The molecular formula is C55H34N4. The van der Waals surface area contributed by atoms with E-state index >= 15 is 0 Å². The van der Waals surface area contributed by atoms with Crippen molar-refractivity contribution in [3.63, 3.8) is 0 Å². The summed E-state index contributed by atoms with van der Waals surface area (Å²) in [5.74, 6) is 1.83. The molecule has 1 aliphatic rings. The Hall–Kier alpha value is -8.00. The molecule has 0 fully saturated rings. The smallest absolute Gasteiger partial charge is 0.164 e. The molecule has 1 heterocycles. The lowest BCUT2D eigenvalue weighted by atomic mass is 9.67. The Morgan fingerprint density at radius 3 is 1.34 bits per heavy atom. The van der Waals surface area contributed by atoms with Gasteiger partial charge in [-0.25, -0.2) is 15.0 Å². The van der Waals surface area contributed by atoms with Gasteiger partial charge in [0, 0.05) is 22.3 Å². The second-order valence-corrected chi connectivity index (χ2v) is 15.1. The highest BCUT2D eigenvalue weighted by Gasteiger charge is 2.47. The number of hydrogen-bond acceptors (Lipinski definition) is 4. The Morgan fingerprint density at radius 2 is 0.797 bits per heavy atom. The Morgan fingerprint density at radius 1 is 0.356 bits per heavy atom. The average molecular weight is 751 g/mol. The third-order valence-electron chi connectivity index (χ3n) is 11.8. The zero-order valence-electron chi connectivity index (χ0n) is 31.9. The molecule has 11 rings (SSSR count). The second kappa shape index (κ2) is 13.9. The lowest BCUT2D eigenvalue weighted by Gasteiger charge is -2.34. The van der Waals surface area contributed by atoms with Crippen molar-refractivity contribution in [2.24, 2.45) is 0 Å². The normalized spacial score (nSPS) is 12.5. The standard InChI is InChI=1S/C55H34N4/c56-35-44-17-11-23-48-50(44)51-47(22-12-24-49(51)55(48,45-18-3-1-4-19-45)46-20-5-2-6-21-46)38-27-29-39(30-28-38)52-57-53(42-31-25-36-13-7-9-15-40(36)33-42)59-54(58-52)43-32-26-37-14-8-10-16-41(37)34-43/h1-34H. The molecule has 0 radical (unpaired) electrons. The van der Waals surface area contributed by atoms with Crippen LogP contribution in [0.25, 0.3) is 78.0 Å². The quantitative estimate of drug-likeness (QED) is 0.170. The Balaban J connectivity index is 1.08. The van der Waals surface area contributed by atoms with Crippen molar-refractivity contribution in [1.29, 1.82) is 5.26 Å². The minimum atomic E-state index is -0.612. The van der Waals surface area contributed by atoms with E-state index in [1.165, 1.54) is 0 Å². The van der Waals surface area contributed by atoms with Crippen LogP contribution in [0.5, 0.6) is 0 Å². The van der Waals surface area contributed by atoms with E-state index in [1.807, 2.05) is 12.1 Å². The van der Waals surface area contributed by atoms with Crippen molar-refractivity contribution in [3.05, 3.63) is 234 Å². The lowest BCUT2D eigenvalue weighted by Crippen LogP contribution is -2.28. The molecule has 274 valence electrons. The molecule has 4 heteroatoms. The van der Waals surface area contributed by atoms with E-state index in [-0.39, 0.29) is 0 Å². The van der Waals surface area contributed by atoms with Crippen LogP contribution < -0.4 is 0 Å². The summed E-state index contributed by atoms with van der Waals surface area (Å²) in [6.45, 7) is 0. The summed E-state index contributed by atoms with van der Waals surface area (Å²) in [6.07, 6.45) is 0. The van der Waals surface area contributed by atoms with Crippen LogP contribution in [0.15, 0.2) is 206 Å². The van der Waals surface area contributed by atoms with Crippen LogP contribution >= 0.6 is 0 Å². The first-order chi connectivity index (χ1) is 29.2. The fourth-order valence-corrected chi connectivity index (χ4v) is 9.13. The van der Waals surface area contributed by atoms with Crippen LogP contribution in [0.4, 0.5) is 0 Å². The largest absolute Gasteiger partial charge is 0.208 e. The van der Waals surface area contributed by atoms with Gasteiger partial charge in [0.1, 0.15) is 0 Å². The number of hydrogen-bond donors (Lipinski definition) is 0. The average Bonchev–Trinajstić information content (AvgIpc) is 3.63. The molecule has 0 spiro atoms. The first-order valence-electron chi connectivity index (χ1n) is 19.8. The Labute approximate surface area is 342 Å². The third kappa shape index (κ3) is 5.56. The van der Waals surface area contributed by atoms with Crippen LogP contribution in [0.3, 0.4) is 0 Å². The molecule has 0 saturated heterocycles. The fourth-order valence-electron chi connectivity index (χ4n) is 9.13. The molecule has 0 bridgehead atoms. The first-order valence-corrected chi connectivity index (χ1v) is 19.8. The summed E-state index contributed by atoms with van der Waals surface area (Å²) >= 11 is 0. The highest BCUT2D eigenvalue weighted by Crippen LogP contribution is 2.59. The molecular weight excluding hydrogens is 717 g/mol. The van der Waals surface area contributed by atoms with Crippen molar-refractivity contribution < 1.29 is 0 Å². The summed E-state index contributed by atoms with van der Waals surface area (Å²) in [7, 11) is 0. The van der Waals surface area contributed by atoms with Gasteiger partial charge in [0.2, 0.25) is 0 Å². The molecule has 1 aliphatic carbocycles. The van der Waals surface area contributed by atoms with Gasteiger partial charge in [-0.05, 0) is 78.7 Å². The van der Waals surface area contributed by atoms with E-state index in [1.54, 1.807) is 0 Å². The Kier molecular flexibility index (Phi) is 8.06. The van der Waals surface area contributed by atoms with Crippen LogP contribution in [-0.2, 0) is 5.41 Å². The van der Waals surface area contributed by atoms with Crippen LogP contribution in [0.1, 0.15) is 27.8 Å². The van der Waals surface area contributed by atoms with Gasteiger partial charge in [0.05, 0.1) is 17.0 Å². The van der Waals surface area contributed by atoms with Gasteiger partial charge in [0.25, 0.3) is 0 Å². The van der Waals surface area contributed by atoms with Gasteiger partial charge in [-0.1, -0.05) is 188 Å². The minimum Gasteiger partial charge on any atom is -0.208 e. The predicted molar refractivity (Wildman–Crippen MR) is 239 cm³/mol. The van der Waals surface area contributed by atoms with Gasteiger partial charge in [-0.15, -0.1) is 0 Å². The van der Waals surface area contributed by atoms with Crippen LogP contribution in [0, 0.1) is 11.3 Å². The summed E-state index contributed by atoms with van der Waals surface area (Å²) in [4.78, 5) is 15.3. The zero-order valence-corrected chi connectivity index (χ0v) is 31.9. The molecule has 4 nitrogen and oxygen atoms in total. The molecule has 0 N–H and O–H groups in total. The number of rotatable bonds is 6. The second-order valence-electron chi connectivity index (χ2n) is 15.1. The van der Waals surface area contributed by atoms with E-state index in [4.69, 9.17) is 15.0 Å². The maximum Gasteiger partial charge on any atom is 0.164 e. The predicted octanol–water partition coefficient (Wildman–Crippen LogP) is 13.1. The van der Waals surface area contributed by atoms with Gasteiger partial charge in [0.15, 0.2) is 17.5 Å². The molecule has 9 aromatic carbocycles. The molecule has 10 aromatic rings. The molecule has 0 unspecified atom stereocenters.